The maximum atomic E-state index is 2.40. The van der Waals surface area contributed by atoms with Crippen LogP contribution in [0.1, 0.15) is 66.8 Å². The molecule has 0 saturated heterocycles. The lowest BCUT2D eigenvalue weighted by Gasteiger charge is -2.35. The van der Waals surface area contributed by atoms with E-state index in [1.54, 1.807) is 22.1 Å². The number of benzene rings is 3. The van der Waals surface area contributed by atoms with Gasteiger partial charge >= 0.3 is 0 Å². The van der Waals surface area contributed by atoms with Gasteiger partial charge in [-0.05, 0) is 120 Å². The molecule has 0 radical (unpaired) electrons. The first-order valence-corrected chi connectivity index (χ1v) is 11.3. The Bertz CT molecular complexity index is 1080. The molecule has 0 saturated carbocycles. The Morgan fingerprint density at radius 3 is 1.10 bits per heavy atom. The monoisotopic (exact) mass is 394 g/mol. The summed E-state index contributed by atoms with van der Waals surface area (Å²) in [6.07, 6.45) is 1.06. The van der Waals surface area contributed by atoms with Crippen LogP contribution in [0.25, 0.3) is 0 Å². The van der Waals surface area contributed by atoms with Crippen LogP contribution in [0.2, 0.25) is 0 Å². The maximum absolute atomic E-state index is 2.40. The van der Waals surface area contributed by atoms with E-state index in [4.69, 9.17) is 0 Å². The first kappa shape index (κ1) is 21.0. The Hall–Kier alpha value is -2.28. The first-order chi connectivity index (χ1) is 14.0. The summed E-state index contributed by atoms with van der Waals surface area (Å²) in [7, 11) is 0. The second-order valence-corrected chi connectivity index (χ2v) is 9.84. The zero-order valence-corrected chi connectivity index (χ0v) is 20.5. The van der Waals surface area contributed by atoms with Crippen LogP contribution in [-0.4, -0.2) is 6.71 Å². The van der Waals surface area contributed by atoms with Gasteiger partial charge in [0.25, 0.3) is 0 Å². The quantitative estimate of drug-likeness (QED) is 0.390. The van der Waals surface area contributed by atoms with E-state index >= 15 is 0 Å². The average Bonchev–Trinajstić information content (AvgIpc) is 2.68. The van der Waals surface area contributed by atoms with Crippen molar-refractivity contribution in [2.75, 3.05) is 0 Å². The molecule has 154 valence electrons. The van der Waals surface area contributed by atoms with E-state index in [9.17, 15) is 0 Å². The molecule has 1 heteroatoms. The SMILES string of the molecule is Cc1cc(C)c(C)c(B2c3c(C)c(C)cc(C)c3Cc3c(C)cc(C)c(C)c32)c1C. The smallest absolute Gasteiger partial charge is 0.0624 e. The van der Waals surface area contributed by atoms with Gasteiger partial charge in [-0.15, -0.1) is 0 Å². The summed E-state index contributed by atoms with van der Waals surface area (Å²) in [6, 6.07) is 7.16. The molecule has 0 unspecified atom stereocenters. The van der Waals surface area contributed by atoms with Crippen LogP contribution >= 0.6 is 0 Å². The minimum Gasteiger partial charge on any atom is -0.0624 e. The summed E-state index contributed by atoms with van der Waals surface area (Å²) in [5.41, 5.74) is 22.2. The highest BCUT2D eigenvalue weighted by Gasteiger charge is 2.37. The predicted molar refractivity (Wildman–Crippen MR) is 134 cm³/mol. The van der Waals surface area contributed by atoms with Gasteiger partial charge in [0.05, 0.1) is 0 Å². The molecule has 3 aromatic rings. The minimum atomic E-state index is 0.319. The number of fused-ring (bicyclic) bond motifs is 2. The lowest BCUT2D eigenvalue weighted by molar-refractivity contribution is 1.11. The van der Waals surface area contributed by atoms with Gasteiger partial charge in [-0.2, -0.15) is 0 Å². The summed E-state index contributed by atoms with van der Waals surface area (Å²) in [5.74, 6) is 0. The Labute approximate surface area is 183 Å². The van der Waals surface area contributed by atoms with Crippen LogP contribution < -0.4 is 16.4 Å². The molecule has 0 amide bonds. The first-order valence-electron chi connectivity index (χ1n) is 11.3. The molecule has 0 N–H and O–H groups in total. The lowest BCUT2D eigenvalue weighted by atomic mass is 9.30. The highest BCUT2D eigenvalue weighted by molar-refractivity contribution is 6.97. The van der Waals surface area contributed by atoms with Crippen LogP contribution in [0.5, 0.6) is 0 Å². The summed E-state index contributed by atoms with van der Waals surface area (Å²) >= 11 is 0. The van der Waals surface area contributed by atoms with Gasteiger partial charge in [-0.1, -0.05) is 56.8 Å². The number of hydrogen-bond acceptors (Lipinski definition) is 0. The van der Waals surface area contributed by atoms with Gasteiger partial charge in [-0.25, -0.2) is 0 Å². The van der Waals surface area contributed by atoms with E-state index in [2.05, 4.69) is 87.4 Å². The molecule has 0 aromatic heterocycles. The van der Waals surface area contributed by atoms with Crippen molar-refractivity contribution in [3.8, 4) is 0 Å². The van der Waals surface area contributed by atoms with Crippen molar-refractivity contribution >= 4 is 23.1 Å². The van der Waals surface area contributed by atoms with Crippen molar-refractivity contribution in [2.45, 2.75) is 75.7 Å². The second-order valence-electron chi connectivity index (χ2n) is 9.84. The number of rotatable bonds is 1. The van der Waals surface area contributed by atoms with Crippen molar-refractivity contribution < 1.29 is 0 Å². The summed E-state index contributed by atoms with van der Waals surface area (Å²) < 4.78 is 0. The Morgan fingerprint density at radius 1 is 0.433 bits per heavy atom. The number of aryl methyl sites for hydroxylation is 6. The second kappa shape index (κ2) is 7.15. The van der Waals surface area contributed by atoms with Gasteiger partial charge in [0, 0.05) is 0 Å². The molecule has 1 heterocycles. The van der Waals surface area contributed by atoms with E-state index in [0.29, 0.717) is 6.71 Å². The van der Waals surface area contributed by atoms with Gasteiger partial charge < -0.3 is 0 Å². The van der Waals surface area contributed by atoms with E-state index in [1.165, 1.54) is 61.1 Å². The van der Waals surface area contributed by atoms with E-state index in [0.717, 1.165) is 6.42 Å². The lowest BCUT2D eigenvalue weighted by Crippen LogP contribution is -2.61. The van der Waals surface area contributed by atoms with Gasteiger partial charge in [0.2, 0.25) is 6.71 Å². The van der Waals surface area contributed by atoms with Crippen LogP contribution in [0.3, 0.4) is 0 Å². The zero-order valence-electron chi connectivity index (χ0n) is 20.5. The number of hydrogen-bond donors (Lipinski definition) is 0. The molecule has 0 bridgehead atoms. The van der Waals surface area contributed by atoms with Gasteiger partial charge in [-0.3, -0.25) is 0 Å². The highest BCUT2D eigenvalue weighted by Crippen LogP contribution is 2.27. The van der Waals surface area contributed by atoms with E-state index < -0.39 is 0 Å². The molecular weight excluding hydrogens is 359 g/mol. The van der Waals surface area contributed by atoms with E-state index in [-0.39, 0.29) is 0 Å². The highest BCUT2D eigenvalue weighted by atomic mass is 14.3. The summed E-state index contributed by atoms with van der Waals surface area (Å²) in [6.45, 7) is 23.4. The molecular formula is C29H35B. The fourth-order valence-corrected chi connectivity index (χ4v) is 5.88. The molecule has 0 fully saturated rings. The zero-order chi connectivity index (χ0) is 22.1. The fourth-order valence-electron chi connectivity index (χ4n) is 5.88. The molecule has 0 aliphatic carbocycles. The standard InChI is InChI=1S/C29H35B/c1-15-11-16(2)22(8)27(21(15)7)30-28-23(9)17(3)12-19(5)25(28)14-26-20(6)13-18(4)24(10)29(26)30/h11-13H,14H2,1-10H3. The molecule has 30 heavy (non-hydrogen) atoms. The maximum Gasteiger partial charge on any atom is 0.243 e. The van der Waals surface area contributed by atoms with Crippen LogP contribution in [-0.2, 0) is 6.42 Å². The summed E-state index contributed by atoms with van der Waals surface area (Å²) in [4.78, 5) is 0. The fraction of sp³-hybridized carbons (Fsp3) is 0.379. The average molecular weight is 394 g/mol. The molecule has 0 atom stereocenters. The third kappa shape index (κ3) is 2.89. The minimum absolute atomic E-state index is 0.319. The van der Waals surface area contributed by atoms with Gasteiger partial charge in [0.1, 0.15) is 0 Å². The molecule has 0 spiro atoms. The summed E-state index contributed by atoms with van der Waals surface area (Å²) in [5, 5.41) is 0. The molecule has 1 aliphatic heterocycles. The molecule has 3 aromatic carbocycles. The Kier molecular flexibility index (Phi) is 5.00. The van der Waals surface area contributed by atoms with Crippen LogP contribution in [0, 0.1) is 69.2 Å². The van der Waals surface area contributed by atoms with Crippen molar-refractivity contribution in [3.05, 3.63) is 85.0 Å². The molecule has 0 nitrogen and oxygen atoms in total. The van der Waals surface area contributed by atoms with Crippen molar-refractivity contribution in [1.82, 2.24) is 0 Å². The van der Waals surface area contributed by atoms with Crippen LogP contribution in [0.15, 0.2) is 18.2 Å². The largest absolute Gasteiger partial charge is 0.243 e. The molecule has 4 rings (SSSR count). The van der Waals surface area contributed by atoms with Crippen molar-refractivity contribution in [3.63, 3.8) is 0 Å². The Morgan fingerprint density at radius 2 is 0.733 bits per heavy atom. The topological polar surface area (TPSA) is 0 Å². The Balaban J connectivity index is 2.23. The van der Waals surface area contributed by atoms with Crippen molar-refractivity contribution in [1.29, 1.82) is 0 Å². The third-order valence-corrected chi connectivity index (χ3v) is 8.10. The van der Waals surface area contributed by atoms with Crippen molar-refractivity contribution in [2.24, 2.45) is 0 Å². The normalized spacial score (nSPS) is 12.8. The predicted octanol–water partition coefficient (Wildman–Crippen LogP) is 5.19. The van der Waals surface area contributed by atoms with Gasteiger partial charge in [0.15, 0.2) is 0 Å². The molecule has 1 aliphatic rings. The third-order valence-electron chi connectivity index (χ3n) is 8.10. The van der Waals surface area contributed by atoms with Crippen LogP contribution in [0.4, 0.5) is 0 Å². The van der Waals surface area contributed by atoms with E-state index in [1.807, 2.05) is 0 Å².